The standard InChI is InChI=1S/C18H19N7O2S/c1-3-5-19-16(26)11-7-14(28-10-11)22-18-21-13-4-6-25(15(13)17(27)23-18)12-8-20-24(2)9-12/h4,6-10H,3,5H2,1-2H3,(H,19,26)(H2,21,22,23,27). The van der Waals surface area contributed by atoms with Crippen LogP contribution in [-0.4, -0.2) is 41.9 Å². The van der Waals surface area contributed by atoms with Crippen molar-refractivity contribution in [2.45, 2.75) is 13.3 Å². The number of carbonyl (C=O) groups excluding carboxylic acids is 1. The van der Waals surface area contributed by atoms with Gasteiger partial charge in [-0.3, -0.25) is 9.48 Å². The normalized spacial score (nSPS) is 11.1. The van der Waals surface area contributed by atoms with E-state index in [1.165, 1.54) is 11.3 Å². The molecule has 144 valence electrons. The third-order valence-corrected chi connectivity index (χ3v) is 4.96. The highest BCUT2D eigenvalue weighted by Crippen LogP contribution is 2.29. The SMILES string of the molecule is CCCNC(=O)c1csc(Nc2nc(O)c3c(ccn3-c3cnn(C)c3)n2)c1. The fourth-order valence-corrected chi connectivity index (χ4v) is 3.58. The summed E-state index contributed by atoms with van der Waals surface area (Å²) in [6, 6.07) is 3.54. The van der Waals surface area contributed by atoms with Crippen molar-refractivity contribution in [2.24, 2.45) is 7.05 Å². The lowest BCUT2D eigenvalue weighted by Crippen LogP contribution is -2.23. The van der Waals surface area contributed by atoms with E-state index in [9.17, 15) is 9.90 Å². The van der Waals surface area contributed by atoms with Crippen molar-refractivity contribution in [1.29, 1.82) is 0 Å². The molecule has 4 aromatic heterocycles. The largest absolute Gasteiger partial charge is 0.492 e. The number of carbonyl (C=O) groups is 1. The van der Waals surface area contributed by atoms with E-state index < -0.39 is 0 Å². The molecule has 3 N–H and O–H groups in total. The molecule has 0 atom stereocenters. The summed E-state index contributed by atoms with van der Waals surface area (Å²) >= 11 is 1.37. The molecule has 0 fully saturated rings. The molecule has 0 spiro atoms. The van der Waals surface area contributed by atoms with E-state index in [4.69, 9.17) is 0 Å². The summed E-state index contributed by atoms with van der Waals surface area (Å²) in [4.78, 5) is 20.6. The summed E-state index contributed by atoms with van der Waals surface area (Å²) in [7, 11) is 1.82. The van der Waals surface area contributed by atoms with Crippen LogP contribution in [0.2, 0.25) is 0 Å². The molecule has 0 aliphatic carbocycles. The Hall–Kier alpha value is -3.40. The van der Waals surface area contributed by atoms with Crippen LogP contribution >= 0.6 is 11.3 Å². The second kappa shape index (κ2) is 7.31. The number of hydrogen-bond acceptors (Lipinski definition) is 7. The van der Waals surface area contributed by atoms with Gasteiger partial charge in [-0.2, -0.15) is 10.1 Å². The van der Waals surface area contributed by atoms with Gasteiger partial charge < -0.3 is 20.3 Å². The van der Waals surface area contributed by atoms with Crippen LogP contribution in [0.4, 0.5) is 10.9 Å². The second-order valence-electron chi connectivity index (χ2n) is 6.24. The summed E-state index contributed by atoms with van der Waals surface area (Å²) in [6.45, 7) is 2.64. The van der Waals surface area contributed by atoms with Crippen LogP contribution in [0.15, 0.2) is 36.1 Å². The number of amides is 1. The summed E-state index contributed by atoms with van der Waals surface area (Å²) in [5.41, 5.74) is 2.48. The number of aromatic hydroxyl groups is 1. The van der Waals surface area contributed by atoms with Crippen LogP contribution in [0.5, 0.6) is 5.88 Å². The highest BCUT2D eigenvalue weighted by atomic mass is 32.1. The zero-order valence-corrected chi connectivity index (χ0v) is 16.2. The van der Waals surface area contributed by atoms with Crippen LogP contribution in [-0.2, 0) is 7.05 Å². The number of anilines is 2. The number of thiophene rings is 1. The van der Waals surface area contributed by atoms with Gasteiger partial charge in [0, 0.05) is 31.4 Å². The lowest BCUT2D eigenvalue weighted by Gasteiger charge is -2.06. The van der Waals surface area contributed by atoms with Gasteiger partial charge in [0.15, 0.2) is 0 Å². The first kappa shape index (κ1) is 18.0. The molecule has 4 heterocycles. The van der Waals surface area contributed by atoms with Gasteiger partial charge in [0.25, 0.3) is 5.91 Å². The van der Waals surface area contributed by atoms with Gasteiger partial charge in [-0.05, 0) is 18.6 Å². The minimum atomic E-state index is -0.140. The fourth-order valence-electron chi connectivity index (χ4n) is 2.80. The number of nitrogens with one attached hydrogen (secondary N) is 2. The van der Waals surface area contributed by atoms with Crippen molar-refractivity contribution in [3.05, 3.63) is 41.7 Å². The molecule has 0 aliphatic rings. The first-order chi connectivity index (χ1) is 13.5. The molecule has 0 saturated heterocycles. The molecule has 9 nitrogen and oxygen atoms in total. The molecule has 0 aliphatic heterocycles. The Bertz CT molecular complexity index is 1140. The van der Waals surface area contributed by atoms with Gasteiger partial charge in [-0.15, -0.1) is 11.3 Å². The molecular formula is C18H19N7O2S. The third kappa shape index (κ3) is 3.41. The molecule has 1 amide bonds. The average molecular weight is 397 g/mol. The first-order valence-electron chi connectivity index (χ1n) is 8.76. The maximum absolute atomic E-state index is 12.0. The average Bonchev–Trinajstić information content (AvgIpc) is 3.39. The van der Waals surface area contributed by atoms with Gasteiger partial charge in [-0.25, -0.2) is 4.98 Å². The van der Waals surface area contributed by atoms with Crippen molar-refractivity contribution >= 4 is 39.2 Å². The molecule has 0 bridgehead atoms. The Balaban J connectivity index is 1.59. The number of rotatable bonds is 6. The zero-order chi connectivity index (χ0) is 19.7. The Morgan fingerprint density at radius 2 is 2.21 bits per heavy atom. The Kier molecular flexibility index (Phi) is 4.70. The third-order valence-electron chi connectivity index (χ3n) is 4.12. The Morgan fingerprint density at radius 3 is 2.96 bits per heavy atom. The van der Waals surface area contributed by atoms with Gasteiger partial charge in [-0.1, -0.05) is 6.92 Å². The molecule has 4 rings (SSSR count). The topological polar surface area (TPSA) is 110 Å². The molecule has 0 unspecified atom stereocenters. The summed E-state index contributed by atoms with van der Waals surface area (Å²) in [5.74, 6) is 0.00837. The monoisotopic (exact) mass is 397 g/mol. The van der Waals surface area contributed by atoms with Crippen molar-refractivity contribution < 1.29 is 9.90 Å². The van der Waals surface area contributed by atoms with E-state index in [0.717, 1.165) is 12.1 Å². The van der Waals surface area contributed by atoms with E-state index in [1.54, 1.807) is 39.2 Å². The Morgan fingerprint density at radius 1 is 1.36 bits per heavy atom. The van der Waals surface area contributed by atoms with Gasteiger partial charge >= 0.3 is 0 Å². The van der Waals surface area contributed by atoms with Crippen molar-refractivity contribution in [3.8, 4) is 11.6 Å². The van der Waals surface area contributed by atoms with Crippen LogP contribution in [0, 0.1) is 0 Å². The van der Waals surface area contributed by atoms with E-state index in [0.29, 0.717) is 28.1 Å². The van der Waals surface area contributed by atoms with Crippen LogP contribution in [0.1, 0.15) is 23.7 Å². The van der Waals surface area contributed by atoms with E-state index in [2.05, 4.69) is 25.7 Å². The zero-order valence-electron chi connectivity index (χ0n) is 15.4. The number of aromatic nitrogens is 5. The number of aryl methyl sites for hydroxylation is 1. The molecule has 0 radical (unpaired) electrons. The highest BCUT2D eigenvalue weighted by Gasteiger charge is 2.15. The number of nitrogens with zero attached hydrogens (tertiary/aromatic N) is 5. The highest BCUT2D eigenvalue weighted by molar-refractivity contribution is 7.14. The van der Waals surface area contributed by atoms with Gasteiger partial charge in [0.1, 0.15) is 5.52 Å². The maximum atomic E-state index is 12.0. The summed E-state index contributed by atoms with van der Waals surface area (Å²) in [6.07, 6.45) is 6.22. The van der Waals surface area contributed by atoms with Crippen LogP contribution in [0.25, 0.3) is 16.7 Å². The second-order valence-corrected chi connectivity index (χ2v) is 7.15. The molecular weight excluding hydrogens is 378 g/mol. The van der Waals surface area contributed by atoms with Gasteiger partial charge in [0.05, 0.1) is 28.0 Å². The Labute approximate surface area is 164 Å². The van der Waals surface area contributed by atoms with E-state index in [1.807, 2.05) is 20.2 Å². The smallest absolute Gasteiger partial charge is 0.252 e. The van der Waals surface area contributed by atoms with Crippen molar-refractivity contribution in [3.63, 3.8) is 0 Å². The quantitative estimate of drug-likeness (QED) is 0.461. The molecule has 4 aromatic rings. The number of hydrogen-bond donors (Lipinski definition) is 3. The van der Waals surface area contributed by atoms with E-state index in [-0.39, 0.29) is 17.7 Å². The van der Waals surface area contributed by atoms with Gasteiger partial charge in [0.2, 0.25) is 11.8 Å². The van der Waals surface area contributed by atoms with E-state index >= 15 is 0 Å². The summed E-state index contributed by atoms with van der Waals surface area (Å²) in [5, 5.41) is 23.0. The molecule has 28 heavy (non-hydrogen) atoms. The fraction of sp³-hybridized carbons (Fsp3) is 0.222. The predicted octanol–water partition coefficient (Wildman–Crippen LogP) is 2.80. The minimum absolute atomic E-state index is 0.112. The molecule has 0 saturated carbocycles. The first-order valence-corrected chi connectivity index (χ1v) is 9.64. The molecule has 10 heteroatoms. The predicted molar refractivity (Wildman–Crippen MR) is 108 cm³/mol. The van der Waals surface area contributed by atoms with Crippen molar-refractivity contribution in [1.82, 2.24) is 29.6 Å². The lowest BCUT2D eigenvalue weighted by molar-refractivity contribution is 0.0954. The lowest BCUT2D eigenvalue weighted by atomic mass is 10.3. The summed E-state index contributed by atoms with van der Waals surface area (Å²) < 4.78 is 3.46. The van der Waals surface area contributed by atoms with Crippen LogP contribution < -0.4 is 10.6 Å². The number of fused-ring (bicyclic) bond motifs is 1. The van der Waals surface area contributed by atoms with Crippen LogP contribution in [0.3, 0.4) is 0 Å². The maximum Gasteiger partial charge on any atom is 0.252 e. The molecule has 0 aromatic carbocycles. The van der Waals surface area contributed by atoms with Crippen molar-refractivity contribution in [2.75, 3.05) is 11.9 Å². The minimum Gasteiger partial charge on any atom is -0.492 e.